The zero-order valence-corrected chi connectivity index (χ0v) is 13.4. The van der Waals surface area contributed by atoms with Crippen LogP contribution in [-0.2, 0) is 14.9 Å². The average molecular weight is 328 g/mol. The molecule has 1 fully saturated rings. The Bertz CT molecular complexity index is 649. The van der Waals surface area contributed by atoms with Crippen molar-refractivity contribution in [1.29, 1.82) is 0 Å². The van der Waals surface area contributed by atoms with Crippen LogP contribution in [0.2, 0.25) is 0 Å². The predicted octanol–water partition coefficient (Wildman–Crippen LogP) is 1.22. The molecule has 0 bridgehead atoms. The molecule has 0 radical (unpaired) electrons. The maximum atomic E-state index is 12.7. The standard InChI is InChI=1S/C14H20N2O5S/c1-10-9-21-11(2)8-16(10)22(17,18)15-12-4-3-5-13-14(12)20-7-6-19-13/h3-5,10-11,15H,6-9H2,1-2H3/t10-,11+/m0/s1. The largest absolute Gasteiger partial charge is 0.486 e. The van der Waals surface area contributed by atoms with Crippen LogP contribution >= 0.6 is 0 Å². The molecule has 2 atom stereocenters. The quantitative estimate of drug-likeness (QED) is 0.903. The minimum absolute atomic E-state index is 0.128. The van der Waals surface area contributed by atoms with Gasteiger partial charge in [-0.2, -0.15) is 12.7 Å². The minimum Gasteiger partial charge on any atom is -0.486 e. The number of nitrogens with zero attached hydrogens (tertiary/aromatic N) is 1. The molecule has 0 aromatic heterocycles. The average Bonchev–Trinajstić information content (AvgIpc) is 2.50. The molecule has 2 aliphatic rings. The van der Waals surface area contributed by atoms with Gasteiger partial charge in [0.1, 0.15) is 13.2 Å². The molecule has 22 heavy (non-hydrogen) atoms. The molecule has 7 nitrogen and oxygen atoms in total. The van der Waals surface area contributed by atoms with Crippen molar-refractivity contribution in [2.45, 2.75) is 26.0 Å². The molecule has 2 heterocycles. The van der Waals surface area contributed by atoms with E-state index in [9.17, 15) is 8.42 Å². The Morgan fingerprint density at radius 3 is 2.82 bits per heavy atom. The van der Waals surface area contributed by atoms with E-state index < -0.39 is 10.2 Å². The van der Waals surface area contributed by atoms with Crippen LogP contribution < -0.4 is 14.2 Å². The third kappa shape index (κ3) is 2.99. The van der Waals surface area contributed by atoms with Gasteiger partial charge in [-0.15, -0.1) is 0 Å². The first-order valence-electron chi connectivity index (χ1n) is 7.27. The fourth-order valence-corrected chi connectivity index (χ4v) is 4.06. The molecule has 122 valence electrons. The van der Waals surface area contributed by atoms with Crippen molar-refractivity contribution in [3.63, 3.8) is 0 Å². The van der Waals surface area contributed by atoms with E-state index in [4.69, 9.17) is 14.2 Å². The highest BCUT2D eigenvalue weighted by Crippen LogP contribution is 2.38. The number of ether oxygens (including phenoxy) is 3. The normalized spacial score (nSPS) is 25.7. The topological polar surface area (TPSA) is 77.1 Å². The highest BCUT2D eigenvalue weighted by atomic mass is 32.2. The SMILES string of the molecule is C[C@@H]1CN(S(=O)(=O)Nc2cccc3c2OCCO3)[C@@H](C)CO1. The number of hydrogen-bond donors (Lipinski definition) is 1. The summed E-state index contributed by atoms with van der Waals surface area (Å²) in [6.45, 7) is 5.25. The summed E-state index contributed by atoms with van der Waals surface area (Å²) in [6.07, 6.45) is -0.128. The molecule has 1 saturated heterocycles. The molecule has 8 heteroatoms. The van der Waals surface area contributed by atoms with Gasteiger partial charge in [0.15, 0.2) is 11.5 Å². The van der Waals surface area contributed by atoms with Gasteiger partial charge in [0, 0.05) is 12.6 Å². The van der Waals surface area contributed by atoms with E-state index in [1.807, 2.05) is 13.8 Å². The molecule has 0 saturated carbocycles. The van der Waals surface area contributed by atoms with Gasteiger partial charge in [-0.1, -0.05) is 6.07 Å². The molecule has 1 aromatic rings. The number of fused-ring (bicyclic) bond motifs is 1. The lowest BCUT2D eigenvalue weighted by Crippen LogP contribution is -2.51. The Labute approximate surface area is 130 Å². The Hall–Kier alpha value is -1.51. The second-order valence-electron chi connectivity index (χ2n) is 5.50. The predicted molar refractivity (Wildman–Crippen MR) is 81.6 cm³/mol. The molecule has 3 rings (SSSR count). The fraction of sp³-hybridized carbons (Fsp3) is 0.571. The van der Waals surface area contributed by atoms with Crippen LogP contribution in [0, 0.1) is 0 Å². The summed E-state index contributed by atoms with van der Waals surface area (Å²) >= 11 is 0. The molecule has 0 aliphatic carbocycles. The lowest BCUT2D eigenvalue weighted by Gasteiger charge is -2.35. The molecule has 0 spiro atoms. The monoisotopic (exact) mass is 328 g/mol. The number of morpholine rings is 1. The highest BCUT2D eigenvalue weighted by Gasteiger charge is 2.34. The summed E-state index contributed by atoms with van der Waals surface area (Å²) < 4.78 is 45.8. The van der Waals surface area contributed by atoms with Gasteiger partial charge in [0.05, 0.1) is 18.4 Å². The first-order valence-corrected chi connectivity index (χ1v) is 8.71. The van der Waals surface area contributed by atoms with Gasteiger partial charge in [0.2, 0.25) is 0 Å². The number of rotatable bonds is 3. The van der Waals surface area contributed by atoms with Crippen molar-refractivity contribution in [2.75, 3.05) is 31.1 Å². The van der Waals surface area contributed by atoms with Crippen molar-refractivity contribution < 1.29 is 22.6 Å². The molecular formula is C14H20N2O5S. The van der Waals surface area contributed by atoms with E-state index in [0.717, 1.165) is 0 Å². The fourth-order valence-electron chi connectivity index (χ4n) is 2.56. The summed E-state index contributed by atoms with van der Waals surface area (Å²) in [7, 11) is -3.68. The van der Waals surface area contributed by atoms with Gasteiger partial charge in [-0.25, -0.2) is 0 Å². The lowest BCUT2D eigenvalue weighted by atomic mass is 10.2. The molecular weight excluding hydrogens is 308 g/mol. The smallest absolute Gasteiger partial charge is 0.302 e. The first kappa shape index (κ1) is 15.4. The van der Waals surface area contributed by atoms with E-state index >= 15 is 0 Å². The van der Waals surface area contributed by atoms with Crippen LogP contribution in [0.4, 0.5) is 5.69 Å². The van der Waals surface area contributed by atoms with E-state index in [1.54, 1.807) is 18.2 Å². The van der Waals surface area contributed by atoms with Crippen molar-refractivity contribution >= 4 is 15.9 Å². The number of nitrogens with one attached hydrogen (secondary N) is 1. The number of hydrogen-bond acceptors (Lipinski definition) is 5. The molecule has 1 aromatic carbocycles. The summed E-state index contributed by atoms with van der Waals surface area (Å²) in [5.41, 5.74) is 0.392. The van der Waals surface area contributed by atoms with Gasteiger partial charge in [0.25, 0.3) is 0 Å². The summed E-state index contributed by atoms with van der Waals surface area (Å²) in [5, 5.41) is 0. The molecule has 1 N–H and O–H groups in total. The summed E-state index contributed by atoms with van der Waals surface area (Å²) in [6, 6.07) is 4.94. The van der Waals surface area contributed by atoms with E-state index in [1.165, 1.54) is 4.31 Å². The van der Waals surface area contributed by atoms with E-state index in [2.05, 4.69) is 4.72 Å². The Kier molecular flexibility index (Phi) is 4.16. The first-order chi connectivity index (χ1) is 10.5. The van der Waals surface area contributed by atoms with Crippen molar-refractivity contribution in [3.8, 4) is 11.5 Å². The van der Waals surface area contributed by atoms with Crippen LogP contribution in [0.15, 0.2) is 18.2 Å². The van der Waals surface area contributed by atoms with E-state index in [-0.39, 0.29) is 12.1 Å². The van der Waals surface area contributed by atoms with Crippen LogP contribution in [0.1, 0.15) is 13.8 Å². The number of para-hydroxylation sites is 1. The molecule has 2 aliphatic heterocycles. The minimum atomic E-state index is -3.68. The number of anilines is 1. The lowest BCUT2D eigenvalue weighted by molar-refractivity contribution is -0.0168. The summed E-state index contributed by atoms with van der Waals surface area (Å²) in [4.78, 5) is 0. The second kappa shape index (κ2) is 5.94. The Balaban J connectivity index is 1.85. The number of benzene rings is 1. The third-order valence-corrected chi connectivity index (χ3v) is 5.27. The Morgan fingerprint density at radius 2 is 2.00 bits per heavy atom. The van der Waals surface area contributed by atoms with Gasteiger partial charge >= 0.3 is 10.2 Å². The second-order valence-corrected chi connectivity index (χ2v) is 7.12. The summed E-state index contributed by atoms with van der Waals surface area (Å²) in [5.74, 6) is 0.987. The zero-order valence-electron chi connectivity index (χ0n) is 12.6. The maximum Gasteiger partial charge on any atom is 0.302 e. The van der Waals surface area contributed by atoms with Crippen LogP contribution in [0.25, 0.3) is 0 Å². The van der Waals surface area contributed by atoms with Crippen molar-refractivity contribution in [2.24, 2.45) is 0 Å². The van der Waals surface area contributed by atoms with Crippen molar-refractivity contribution in [3.05, 3.63) is 18.2 Å². The van der Waals surface area contributed by atoms with Crippen LogP contribution in [0.3, 0.4) is 0 Å². The zero-order chi connectivity index (χ0) is 15.7. The van der Waals surface area contributed by atoms with Crippen LogP contribution in [0.5, 0.6) is 11.5 Å². The van der Waals surface area contributed by atoms with Crippen molar-refractivity contribution in [1.82, 2.24) is 4.31 Å². The van der Waals surface area contributed by atoms with Crippen LogP contribution in [-0.4, -0.2) is 51.2 Å². The van der Waals surface area contributed by atoms with E-state index in [0.29, 0.717) is 43.6 Å². The third-order valence-electron chi connectivity index (χ3n) is 3.66. The molecule has 0 amide bonds. The highest BCUT2D eigenvalue weighted by molar-refractivity contribution is 7.90. The van der Waals surface area contributed by atoms with Gasteiger partial charge in [-0.05, 0) is 26.0 Å². The molecule has 0 unspecified atom stereocenters. The van der Waals surface area contributed by atoms with Gasteiger partial charge < -0.3 is 14.2 Å². The van der Waals surface area contributed by atoms with Gasteiger partial charge in [-0.3, -0.25) is 4.72 Å². The Morgan fingerprint density at radius 1 is 1.23 bits per heavy atom. The maximum absolute atomic E-state index is 12.7.